The van der Waals surface area contributed by atoms with Crippen LogP contribution in [-0.4, -0.2) is 14.9 Å². The summed E-state index contributed by atoms with van der Waals surface area (Å²) in [6.45, 7) is 9.94. The van der Waals surface area contributed by atoms with E-state index in [0.29, 0.717) is 5.54 Å². The lowest BCUT2D eigenvalue weighted by Crippen LogP contribution is -2.35. The van der Waals surface area contributed by atoms with Gasteiger partial charge >= 0.3 is 0 Å². The molecule has 0 amide bonds. The molecule has 0 aliphatic heterocycles. The van der Waals surface area contributed by atoms with Gasteiger partial charge in [0.25, 0.3) is 0 Å². The van der Waals surface area contributed by atoms with E-state index in [-0.39, 0.29) is 0 Å². The van der Waals surface area contributed by atoms with E-state index in [4.69, 9.17) is 4.43 Å². The van der Waals surface area contributed by atoms with Gasteiger partial charge in [0.2, 0.25) is 0 Å². The van der Waals surface area contributed by atoms with E-state index in [1.54, 1.807) is 0 Å². The highest BCUT2D eigenvalue weighted by Gasteiger charge is 2.29. The second kappa shape index (κ2) is 6.21. The Morgan fingerprint density at radius 2 is 1.81 bits per heavy atom. The van der Waals surface area contributed by atoms with Crippen LogP contribution in [0.15, 0.2) is 30.3 Å². The molecule has 1 aromatic carbocycles. The van der Waals surface area contributed by atoms with Crippen molar-refractivity contribution in [3.05, 3.63) is 35.9 Å². The van der Waals surface area contributed by atoms with E-state index in [2.05, 4.69) is 57.3 Å². The molecule has 0 spiro atoms. The minimum Gasteiger partial charge on any atom is -0.417 e. The van der Waals surface area contributed by atoms with Crippen molar-refractivity contribution in [2.24, 2.45) is 0 Å². The zero-order valence-electron chi connectivity index (χ0n) is 11.0. The Balaban J connectivity index is 2.43. The molecule has 1 rings (SSSR count). The molecule has 1 atom stereocenters. The summed E-state index contributed by atoms with van der Waals surface area (Å²) in [6.07, 6.45) is 2.41. The number of benzene rings is 1. The maximum Gasteiger partial charge on any atom is 0.189 e. The first-order chi connectivity index (χ1) is 7.56. The van der Waals surface area contributed by atoms with Crippen LogP contribution in [0.5, 0.6) is 0 Å². The molecule has 1 aromatic rings. The van der Waals surface area contributed by atoms with Crippen LogP contribution in [0.1, 0.15) is 25.8 Å². The van der Waals surface area contributed by atoms with Crippen molar-refractivity contribution in [3.8, 4) is 0 Å². The summed E-state index contributed by atoms with van der Waals surface area (Å²) in [5.41, 5.74) is 2.16. The van der Waals surface area contributed by atoms with Gasteiger partial charge in [0.05, 0.1) is 0 Å². The summed E-state index contributed by atoms with van der Waals surface area (Å²) in [4.78, 5) is 0. The number of rotatable bonds is 6. The fourth-order valence-corrected chi connectivity index (χ4v) is 3.76. The topological polar surface area (TPSA) is 9.23 Å². The molecule has 0 aliphatic carbocycles. The molecular formula is C14H24OSi. The first kappa shape index (κ1) is 13.5. The van der Waals surface area contributed by atoms with Gasteiger partial charge in [0.15, 0.2) is 8.32 Å². The number of aryl methyl sites for hydroxylation is 1. The minimum absolute atomic E-state index is 0.715. The van der Waals surface area contributed by atoms with E-state index in [1.807, 2.05) is 0 Å². The summed E-state index contributed by atoms with van der Waals surface area (Å²) in [5, 5.41) is 0. The molecule has 0 aliphatic rings. The maximum absolute atomic E-state index is 5.92. The van der Waals surface area contributed by atoms with Crippen molar-refractivity contribution >= 4 is 8.32 Å². The molecule has 90 valence electrons. The van der Waals surface area contributed by atoms with E-state index >= 15 is 0 Å². The second-order valence-electron chi connectivity index (χ2n) is 4.96. The van der Waals surface area contributed by atoms with Gasteiger partial charge in [0, 0.05) is 6.61 Å². The molecule has 0 N–H and O–H groups in total. The fraction of sp³-hybridized carbons (Fsp3) is 0.571. The van der Waals surface area contributed by atoms with Gasteiger partial charge in [-0.1, -0.05) is 37.3 Å². The van der Waals surface area contributed by atoms with Crippen LogP contribution in [0.25, 0.3) is 0 Å². The van der Waals surface area contributed by atoms with Crippen LogP contribution >= 0.6 is 0 Å². The molecule has 0 fully saturated rings. The third kappa shape index (κ3) is 4.10. The maximum atomic E-state index is 5.92. The standard InChI is InChI=1S/C14H24OSi/c1-5-15-16(3,4)13(2)11-12-14-9-7-6-8-10-14/h6-10,13H,5,11-12H2,1-4H3. The molecule has 0 bridgehead atoms. The van der Waals surface area contributed by atoms with Crippen molar-refractivity contribution in [1.82, 2.24) is 0 Å². The number of hydrogen-bond acceptors (Lipinski definition) is 1. The Kier molecular flexibility index (Phi) is 5.23. The highest BCUT2D eigenvalue weighted by molar-refractivity contribution is 6.72. The van der Waals surface area contributed by atoms with Crippen molar-refractivity contribution in [2.45, 2.75) is 45.3 Å². The zero-order chi connectivity index (χ0) is 12.0. The van der Waals surface area contributed by atoms with Crippen LogP contribution in [0.2, 0.25) is 18.6 Å². The molecule has 0 heterocycles. The molecule has 0 aromatic heterocycles. The first-order valence-corrected chi connectivity index (χ1v) is 9.22. The van der Waals surface area contributed by atoms with E-state index in [0.717, 1.165) is 6.61 Å². The van der Waals surface area contributed by atoms with E-state index in [1.165, 1.54) is 18.4 Å². The highest BCUT2D eigenvalue weighted by atomic mass is 28.4. The minimum atomic E-state index is -1.46. The highest BCUT2D eigenvalue weighted by Crippen LogP contribution is 2.27. The normalized spacial score (nSPS) is 13.8. The van der Waals surface area contributed by atoms with Gasteiger partial charge in [-0.25, -0.2) is 0 Å². The van der Waals surface area contributed by atoms with Gasteiger partial charge in [0.1, 0.15) is 0 Å². The molecule has 2 heteroatoms. The average Bonchev–Trinajstić information content (AvgIpc) is 2.27. The predicted molar refractivity (Wildman–Crippen MR) is 73.3 cm³/mol. The molecule has 16 heavy (non-hydrogen) atoms. The average molecular weight is 236 g/mol. The van der Waals surface area contributed by atoms with Crippen molar-refractivity contribution in [2.75, 3.05) is 6.61 Å². The Bertz CT molecular complexity index is 295. The lowest BCUT2D eigenvalue weighted by Gasteiger charge is -2.29. The van der Waals surface area contributed by atoms with Crippen molar-refractivity contribution in [1.29, 1.82) is 0 Å². The Morgan fingerprint density at radius 1 is 1.19 bits per heavy atom. The van der Waals surface area contributed by atoms with E-state index in [9.17, 15) is 0 Å². The lowest BCUT2D eigenvalue weighted by molar-refractivity contribution is 0.319. The lowest BCUT2D eigenvalue weighted by atomic mass is 10.1. The Hall–Kier alpha value is -0.603. The second-order valence-corrected chi connectivity index (χ2v) is 9.44. The molecule has 0 radical (unpaired) electrons. The van der Waals surface area contributed by atoms with Gasteiger partial charge in [-0.05, 0) is 44.0 Å². The monoisotopic (exact) mass is 236 g/mol. The molecule has 1 nitrogen and oxygen atoms in total. The Morgan fingerprint density at radius 3 is 2.38 bits per heavy atom. The third-order valence-corrected chi connectivity index (χ3v) is 7.11. The number of hydrogen-bond donors (Lipinski definition) is 0. The molecular weight excluding hydrogens is 212 g/mol. The summed E-state index contributed by atoms with van der Waals surface area (Å²) in [6, 6.07) is 10.7. The SMILES string of the molecule is CCO[Si](C)(C)C(C)CCc1ccccc1. The zero-order valence-corrected chi connectivity index (χ0v) is 12.0. The van der Waals surface area contributed by atoms with Gasteiger partial charge in [-0.2, -0.15) is 0 Å². The van der Waals surface area contributed by atoms with Crippen LogP contribution in [0.4, 0.5) is 0 Å². The first-order valence-electron chi connectivity index (χ1n) is 6.24. The largest absolute Gasteiger partial charge is 0.417 e. The third-order valence-electron chi connectivity index (χ3n) is 3.41. The van der Waals surface area contributed by atoms with Gasteiger partial charge in [-0.3, -0.25) is 0 Å². The molecule has 0 saturated carbocycles. The molecule has 1 unspecified atom stereocenters. The van der Waals surface area contributed by atoms with Crippen molar-refractivity contribution < 1.29 is 4.43 Å². The van der Waals surface area contributed by atoms with Crippen LogP contribution in [0.3, 0.4) is 0 Å². The summed E-state index contributed by atoms with van der Waals surface area (Å²) < 4.78 is 5.92. The van der Waals surface area contributed by atoms with E-state index < -0.39 is 8.32 Å². The van der Waals surface area contributed by atoms with Gasteiger partial charge in [-0.15, -0.1) is 0 Å². The van der Waals surface area contributed by atoms with Crippen LogP contribution < -0.4 is 0 Å². The smallest absolute Gasteiger partial charge is 0.189 e. The predicted octanol–water partition coefficient (Wildman–Crippen LogP) is 4.25. The summed E-state index contributed by atoms with van der Waals surface area (Å²) in [7, 11) is -1.46. The fourth-order valence-electron chi connectivity index (χ4n) is 1.89. The summed E-state index contributed by atoms with van der Waals surface area (Å²) >= 11 is 0. The summed E-state index contributed by atoms with van der Waals surface area (Å²) in [5.74, 6) is 0. The van der Waals surface area contributed by atoms with Crippen LogP contribution in [-0.2, 0) is 10.8 Å². The molecule has 0 saturated heterocycles. The quantitative estimate of drug-likeness (QED) is 0.671. The van der Waals surface area contributed by atoms with Crippen molar-refractivity contribution in [3.63, 3.8) is 0 Å². The Labute approximate surface area is 101 Å². The van der Waals surface area contributed by atoms with Gasteiger partial charge < -0.3 is 4.43 Å². The van der Waals surface area contributed by atoms with Crippen LogP contribution in [0, 0.1) is 0 Å².